The molecule has 2 aromatic carbocycles. The van der Waals surface area contributed by atoms with Crippen LogP contribution in [0.4, 0.5) is 0 Å². The molecule has 0 saturated heterocycles. The SMILES string of the molecule is COc1ccc(-c2nc(C(S)C(=O)O)oc2-c2ccc(OC)c(OC)c2)cc1OC. The van der Waals surface area contributed by atoms with Crippen LogP contribution in [0.2, 0.25) is 0 Å². The Bertz CT molecular complexity index is 991. The molecule has 1 N–H and O–H groups in total. The van der Waals surface area contributed by atoms with Crippen molar-refractivity contribution in [3.8, 4) is 45.6 Å². The summed E-state index contributed by atoms with van der Waals surface area (Å²) in [7, 11) is 6.13. The number of thiol groups is 1. The number of carboxylic acids is 1. The average molecular weight is 431 g/mol. The third kappa shape index (κ3) is 4.02. The van der Waals surface area contributed by atoms with Gasteiger partial charge in [0.25, 0.3) is 0 Å². The molecule has 1 atom stereocenters. The fraction of sp³-hybridized carbons (Fsp3) is 0.238. The minimum atomic E-state index is -1.22. The van der Waals surface area contributed by atoms with E-state index in [4.69, 9.17) is 23.4 Å². The molecule has 0 saturated carbocycles. The highest BCUT2D eigenvalue weighted by Crippen LogP contribution is 2.41. The molecule has 3 aromatic rings. The Labute approximate surface area is 178 Å². The second kappa shape index (κ2) is 9.00. The van der Waals surface area contributed by atoms with Crippen molar-refractivity contribution in [2.75, 3.05) is 28.4 Å². The highest BCUT2D eigenvalue weighted by molar-refractivity contribution is 7.81. The van der Waals surface area contributed by atoms with E-state index in [0.29, 0.717) is 45.6 Å². The zero-order chi connectivity index (χ0) is 21.8. The van der Waals surface area contributed by atoms with E-state index in [0.717, 1.165) is 0 Å². The Balaban J connectivity index is 2.21. The van der Waals surface area contributed by atoms with Gasteiger partial charge in [-0.1, -0.05) is 0 Å². The molecule has 3 rings (SSSR count). The van der Waals surface area contributed by atoms with Crippen LogP contribution < -0.4 is 18.9 Å². The molecule has 0 spiro atoms. The quantitative estimate of drug-likeness (QED) is 0.514. The molecular weight excluding hydrogens is 410 g/mol. The number of hydrogen-bond acceptors (Lipinski definition) is 8. The number of nitrogens with zero attached hydrogens (tertiary/aromatic N) is 1. The number of aromatic nitrogens is 1. The summed E-state index contributed by atoms with van der Waals surface area (Å²) < 4.78 is 27.2. The number of oxazole rings is 1. The first kappa shape index (κ1) is 21.4. The number of carbonyl (C=O) groups is 1. The van der Waals surface area contributed by atoms with Crippen LogP contribution in [0.1, 0.15) is 11.1 Å². The van der Waals surface area contributed by atoms with E-state index in [-0.39, 0.29) is 5.89 Å². The van der Waals surface area contributed by atoms with Crippen molar-refractivity contribution in [1.29, 1.82) is 0 Å². The highest BCUT2D eigenvalue weighted by Gasteiger charge is 2.26. The molecule has 8 nitrogen and oxygen atoms in total. The van der Waals surface area contributed by atoms with Gasteiger partial charge < -0.3 is 28.5 Å². The Morgan fingerprint density at radius 3 is 1.90 bits per heavy atom. The van der Waals surface area contributed by atoms with Crippen LogP contribution in [0.5, 0.6) is 23.0 Å². The maximum atomic E-state index is 11.4. The summed E-state index contributed by atoms with van der Waals surface area (Å²) in [6, 6.07) is 10.5. The zero-order valence-electron chi connectivity index (χ0n) is 16.8. The van der Waals surface area contributed by atoms with Crippen LogP contribution >= 0.6 is 12.6 Å². The van der Waals surface area contributed by atoms with Crippen LogP contribution in [-0.4, -0.2) is 44.5 Å². The lowest BCUT2D eigenvalue weighted by Gasteiger charge is -2.10. The third-order valence-electron chi connectivity index (χ3n) is 4.41. The number of aliphatic carboxylic acids is 1. The number of rotatable bonds is 8. The van der Waals surface area contributed by atoms with Crippen LogP contribution in [0.15, 0.2) is 40.8 Å². The van der Waals surface area contributed by atoms with Crippen LogP contribution in [-0.2, 0) is 4.79 Å². The molecule has 0 radical (unpaired) electrons. The van der Waals surface area contributed by atoms with E-state index in [1.807, 2.05) is 0 Å². The molecule has 0 aliphatic carbocycles. The maximum Gasteiger partial charge on any atom is 0.325 e. The topological polar surface area (TPSA) is 100 Å². The van der Waals surface area contributed by atoms with Gasteiger partial charge in [-0.15, -0.1) is 0 Å². The Kier molecular flexibility index (Phi) is 6.41. The summed E-state index contributed by atoms with van der Waals surface area (Å²) in [6.07, 6.45) is 0. The molecule has 0 aliphatic rings. The molecule has 0 amide bonds. The first-order valence-corrected chi connectivity index (χ1v) is 9.31. The Hall–Kier alpha value is -3.33. The molecule has 158 valence electrons. The maximum absolute atomic E-state index is 11.4. The van der Waals surface area contributed by atoms with Gasteiger partial charge in [-0.25, -0.2) is 4.98 Å². The monoisotopic (exact) mass is 431 g/mol. The summed E-state index contributed by atoms with van der Waals surface area (Å²) in [5.41, 5.74) is 1.71. The molecule has 0 fully saturated rings. The van der Waals surface area contributed by atoms with Gasteiger partial charge in [0.1, 0.15) is 5.69 Å². The van der Waals surface area contributed by atoms with Gasteiger partial charge in [-0.2, -0.15) is 12.6 Å². The fourth-order valence-electron chi connectivity index (χ4n) is 2.91. The molecule has 0 aliphatic heterocycles. The largest absolute Gasteiger partial charge is 0.493 e. The van der Waals surface area contributed by atoms with Gasteiger partial charge in [-0.3, -0.25) is 4.79 Å². The van der Waals surface area contributed by atoms with E-state index >= 15 is 0 Å². The van der Waals surface area contributed by atoms with Gasteiger partial charge in [0, 0.05) is 11.1 Å². The van der Waals surface area contributed by atoms with Crippen molar-refractivity contribution >= 4 is 18.6 Å². The summed E-state index contributed by atoms with van der Waals surface area (Å²) in [6.45, 7) is 0. The molecule has 0 bridgehead atoms. The number of benzene rings is 2. The zero-order valence-corrected chi connectivity index (χ0v) is 17.7. The van der Waals surface area contributed by atoms with Gasteiger partial charge >= 0.3 is 5.97 Å². The molecule has 1 unspecified atom stereocenters. The molecular formula is C21H21NO7S. The molecule has 1 heterocycles. The molecule has 9 heteroatoms. The lowest BCUT2D eigenvalue weighted by molar-refractivity contribution is -0.136. The van der Waals surface area contributed by atoms with Gasteiger partial charge in [0.05, 0.1) is 28.4 Å². The van der Waals surface area contributed by atoms with Gasteiger partial charge in [0.15, 0.2) is 34.0 Å². The van der Waals surface area contributed by atoms with Crippen LogP contribution in [0.3, 0.4) is 0 Å². The van der Waals surface area contributed by atoms with Gasteiger partial charge in [-0.05, 0) is 36.4 Å². The lowest BCUT2D eigenvalue weighted by atomic mass is 10.0. The number of methoxy groups -OCH3 is 4. The van der Waals surface area contributed by atoms with Crippen molar-refractivity contribution in [1.82, 2.24) is 4.98 Å². The summed E-state index contributed by atoms with van der Waals surface area (Å²) in [4.78, 5) is 15.8. The Morgan fingerprint density at radius 1 is 0.900 bits per heavy atom. The Morgan fingerprint density at radius 2 is 1.40 bits per heavy atom. The molecule has 30 heavy (non-hydrogen) atoms. The number of hydrogen-bond donors (Lipinski definition) is 2. The lowest BCUT2D eigenvalue weighted by Crippen LogP contribution is -2.05. The third-order valence-corrected chi connectivity index (χ3v) is 4.86. The first-order chi connectivity index (χ1) is 14.4. The fourth-order valence-corrected chi connectivity index (χ4v) is 3.02. The van der Waals surface area contributed by atoms with E-state index in [2.05, 4.69) is 17.6 Å². The standard InChI is InChI=1S/C21H21NO7S/c1-25-13-7-5-11(9-15(13)27-3)17-18(29-20(22-17)19(30)21(23)24)12-6-8-14(26-2)16(10-12)28-4/h5-10,19,30H,1-4H3,(H,23,24). The second-order valence-corrected chi connectivity index (χ2v) is 6.63. The van der Waals surface area contributed by atoms with E-state index < -0.39 is 11.2 Å². The number of carboxylic acid groups (broad SMARTS) is 1. The van der Waals surface area contributed by atoms with E-state index in [9.17, 15) is 9.90 Å². The number of ether oxygens (including phenoxy) is 4. The normalized spacial score (nSPS) is 11.6. The summed E-state index contributed by atoms with van der Waals surface area (Å²) in [5, 5.41) is 8.10. The van der Waals surface area contributed by atoms with Crippen LogP contribution in [0.25, 0.3) is 22.6 Å². The van der Waals surface area contributed by atoms with Gasteiger partial charge in [0.2, 0.25) is 5.89 Å². The predicted octanol–water partition coefficient (Wildman–Crippen LogP) is 4.10. The van der Waals surface area contributed by atoms with Crippen molar-refractivity contribution in [3.63, 3.8) is 0 Å². The average Bonchev–Trinajstić information content (AvgIpc) is 3.22. The molecule has 1 aromatic heterocycles. The summed E-state index contributed by atoms with van der Waals surface area (Å²) in [5.74, 6) is 1.24. The van der Waals surface area contributed by atoms with E-state index in [1.165, 1.54) is 21.3 Å². The van der Waals surface area contributed by atoms with Crippen molar-refractivity contribution in [2.24, 2.45) is 0 Å². The minimum Gasteiger partial charge on any atom is -0.493 e. The predicted molar refractivity (Wildman–Crippen MR) is 113 cm³/mol. The van der Waals surface area contributed by atoms with Crippen molar-refractivity contribution < 1.29 is 33.3 Å². The highest BCUT2D eigenvalue weighted by atomic mass is 32.1. The minimum absolute atomic E-state index is 0.0413. The summed E-state index contributed by atoms with van der Waals surface area (Å²) >= 11 is 4.10. The van der Waals surface area contributed by atoms with E-state index in [1.54, 1.807) is 43.5 Å². The first-order valence-electron chi connectivity index (χ1n) is 8.79. The van der Waals surface area contributed by atoms with Crippen molar-refractivity contribution in [3.05, 3.63) is 42.3 Å². The van der Waals surface area contributed by atoms with Crippen molar-refractivity contribution in [2.45, 2.75) is 5.25 Å². The second-order valence-electron chi connectivity index (χ2n) is 6.11. The smallest absolute Gasteiger partial charge is 0.325 e. The van der Waals surface area contributed by atoms with Crippen LogP contribution in [0, 0.1) is 0 Å².